The van der Waals surface area contributed by atoms with E-state index in [0.29, 0.717) is 45.4 Å². The van der Waals surface area contributed by atoms with Crippen LogP contribution in [0.1, 0.15) is 53.9 Å². The van der Waals surface area contributed by atoms with Crippen LogP contribution in [0, 0.1) is 17.8 Å². The molecule has 0 aromatic heterocycles. The minimum Gasteiger partial charge on any atom is -0.444 e. The Balaban J connectivity index is 1.70. The van der Waals surface area contributed by atoms with Crippen molar-refractivity contribution in [1.82, 2.24) is 14.7 Å². The number of amides is 4. The smallest absolute Gasteiger partial charge is 0.410 e. The second kappa shape index (κ2) is 9.01. The summed E-state index contributed by atoms with van der Waals surface area (Å²) < 4.78 is 5.42. The van der Waals surface area contributed by atoms with Gasteiger partial charge in [-0.3, -0.25) is 19.3 Å². The monoisotopic (exact) mass is 433 g/mol. The molecule has 0 saturated carbocycles. The van der Waals surface area contributed by atoms with Crippen molar-refractivity contribution >= 4 is 23.8 Å². The molecule has 8 nitrogen and oxygen atoms in total. The van der Waals surface area contributed by atoms with Crippen molar-refractivity contribution in [3.8, 4) is 0 Å². The number of rotatable bonds is 4. The summed E-state index contributed by atoms with van der Waals surface area (Å²) >= 11 is 0. The Labute approximate surface area is 184 Å². The number of carbonyl (C=O) groups excluding carboxylic acids is 4. The fraction of sp³-hybridized carbons (Fsp3) is 0.739. The predicted molar refractivity (Wildman–Crippen MR) is 115 cm³/mol. The van der Waals surface area contributed by atoms with Crippen LogP contribution in [0.25, 0.3) is 0 Å². The lowest BCUT2D eigenvalue weighted by Gasteiger charge is -2.38. The number of fused-ring (bicyclic) bond motifs is 1. The van der Waals surface area contributed by atoms with Crippen LogP contribution in [-0.2, 0) is 19.1 Å². The standard InChI is InChI=1S/C23H35N3O5/c1-15(2)14-18(26-19(27)16-8-6-7-9-17(16)20(26)28)21(29)24-10-12-25(13-11-24)22(30)31-23(3,4)5/h6-7,15-18H,8-14H2,1-5H3. The summed E-state index contributed by atoms with van der Waals surface area (Å²) in [6, 6.07) is -0.779. The second-order valence-corrected chi connectivity index (χ2v) is 10.1. The van der Waals surface area contributed by atoms with Crippen LogP contribution in [0.2, 0.25) is 0 Å². The summed E-state index contributed by atoms with van der Waals surface area (Å²) in [5.41, 5.74) is -0.575. The van der Waals surface area contributed by atoms with Gasteiger partial charge < -0.3 is 14.5 Å². The molecular formula is C23H35N3O5. The molecule has 8 heteroatoms. The summed E-state index contributed by atoms with van der Waals surface area (Å²) in [5, 5.41) is 0. The van der Waals surface area contributed by atoms with Gasteiger partial charge in [0.2, 0.25) is 17.7 Å². The van der Waals surface area contributed by atoms with Gasteiger partial charge in [0.1, 0.15) is 11.6 Å². The molecule has 0 aromatic carbocycles. The van der Waals surface area contributed by atoms with Crippen LogP contribution in [0.15, 0.2) is 12.2 Å². The highest BCUT2D eigenvalue weighted by molar-refractivity contribution is 6.08. The van der Waals surface area contributed by atoms with Crippen molar-refractivity contribution in [2.45, 2.75) is 65.5 Å². The van der Waals surface area contributed by atoms with Crippen molar-refractivity contribution in [2.24, 2.45) is 17.8 Å². The summed E-state index contributed by atoms with van der Waals surface area (Å²) in [6.45, 7) is 10.9. The van der Waals surface area contributed by atoms with Gasteiger partial charge in [-0.05, 0) is 46.0 Å². The molecule has 0 radical (unpaired) electrons. The van der Waals surface area contributed by atoms with Gasteiger partial charge in [0.05, 0.1) is 11.8 Å². The first-order valence-electron chi connectivity index (χ1n) is 11.3. The third kappa shape index (κ3) is 5.10. The van der Waals surface area contributed by atoms with Crippen LogP contribution < -0.4 is 0 Å². The van der Waals surface area contributed by atoms with E-state index in [-0.39, 0.29) is 41.6 Å². The maximum absolute atomic E-state index is 13.5. The summed E-state index contributed by atoms with van der Waals surface area (Å²) in [5.74, 6) is -1.17. The molecule has 0 N–H and O–H groups in total. The van der Waals surface area contributed by atoms with E-state index in [1.54, 1.807) is 9.80 Å². The van der Waals surface area contributed by atoms with Gasteiger partial charge in [-0.1, -0.05) is 26.0 Å². The fourth-order valence-corrected chi connectivity index (χ4v) is 4.54. The molecule has 31 heavy (non-hydrogen) atoms. The van der Waals surface area contributed by atoms with Gasteiger partial charge in [0.25, 0.3) is 0 Å². The highest BCUT2D eigenvalue weighted by atomic mass is 16.6. The van der Waals surface area contributed by atoms with Crippen molar-refractivity contribution in [3.63, 3.8) is 0 Å². The first-order chi connectivity index (χ1) is 14.5. The number of allylic oxidation sites excluding steroid dienone is 2. The first kappa shape index (κ1) is 23.3. The van der Waals surface area contributed by atoms with Crippen molar-refractivity contribution < 1.29 is 23.9 Å². The van der Waals surface area contributed by atoms with Crippen molar-refractivity contribution in [2.75, 3.05) is 26.2 Å². The van der Waals surface area contributed by atoms with Crippen molar-refractivity contribution in [3.05, 3.63) is 12.2 Å². The van der Waals surface area contributed by atoms with Crippen molar-refractivity contribution in [1.29, 1.82) is 0 Å². The molecule has 2 fully saturated rings. The minimum atomic E-state index is -0.779. The van der Waals surface area contributed by atoms with Gasteiger partial charge in [-0.2, -0.15) is 0 Å². The van der Waals surface area contributed by atoms with E-state index in [9.17, 15) is 19.2 Å². The largest absolute Gasteiger partial charge is 0.444 e. The lowest BCUT2D eigenvalue weighted by atomic mass is 9.85. The molecule has 172 valence electrons. The molecule has 2 heterocycles. The summed E-state index contributed by atoms with van der Waals surface area (Å²) in [7, 11) is 0. The van der Waals surface area contributed by atoms with E-state index >= 15 is 0 Å². The highest BCUT2D eigenvalue weighted by Gasteiger charge is 2.51. The molecule has 3 unspecified atom stereocenters. The number of imide groups is 1. The Bertz CT molecular complexity index is 736. The van der Waals surface area contributed by atoms with Gasteiger partial charge in [-0.15, -0.1) is 0 Å². The Kier molecular flexibility index (Phi) is 6.76. The van der Waals surface area contributed by atoms with Crippen LogP contribution in [0.5, 0.6) is 0 Å². The third-order valence-corrected chi connectivity index (χ3v) is 6.08. The zero-order valence-electron chi connectivity index (χ0n) is 19.3. The van der Waals surface area contributed by atoms with E-state index in [0.717, 1.165) is 0 Å². The molecular weight excluding hydrogens is 398 g/mol. The predicted octanol–water partition coefficient (Wildman–Crippen LogP) is 2.43. The molecule has 1 aliphatic carbocycles. The molecule has 0 bridgehead atoms. The molecule has 4 amide bonds. The summed E-state index contributed by atoms with van der Waals surface area (Å²) in [4.78, 5) is 56.4. The molecule has 0 spiro atoms. The summed E-state index contributed by atoms with van der Waals surface area (Å²) in [6.07, 6.45) is 5.07. The van der Waals surface area contributed by atoms with Crippen LogP contribution in [0.3, 0.4) is 0 Å². The van der Waals surface area contributed by atoms with E-state index < -0.39 is 11.6 Å². The quantitative estimate of drug-likeness (QED) is 0.502. The van der Waals surface area contributed by atoms with E-state index in [4.69, 9.17) is 4.74 Å². The van der Waals surface area contributed by atoms with Gasteiger partial charge in [0, 0.05) is 26.2 Å². The maximum atomic E-state index is 13.5. The molecule has 3 atom stereocenters. The molecule has 2 saturated heterocycles. The average molecular weight is 434 g/mol. The number of ether oxygens (including phenoxy) is 1. The van der Waals surface area contributed by atoms with Crippen LogP contribution in [0.4, 0.5) is 4.79 Å². The Morgan fingerprint density at radius 3 is 1.90 bits per heavy atom. The number of hydrogen-bond acceptors (Lipinski definition) is 5. The Morgan fingerprint density at radius 1 is 0.968 bits per heavy atom. The number of piperazine rings is 1. The normalized spacial score (nSPS) is 25.2. The molecule has 0 aromatic rings. The minimum absolute atomic E-state index is 0.151. The molecule has 3 rings (SSSR count). The number of nitrogens with zero attached hydrogens (tertiary/aromatic N) is 3. The van der Waals surface area contributed by atoms with Crippen LogP contribution >= 0.6 is 0 Å². The fourth-order valence-electron chi connectivity index (χ4n) is 4.54. The van der Waals surface area contributed by atoms with Gasteiger partial charge >= 0.3 is 6.09 Å². The van der Waals surface area contributed by atoms with E-state index in [2.05, 4.69) is 0 Å². The SMILES string of the molecule is CC(C)CC(C(=O)N1CCN(C(=O)OC(C)(C)C)CC1)N1C(=O)C2CC=CCC2C1=O. The average Bonchev–Trinajstić information content (AvgIpc) is 2.95. The topological polar surface area (TPSA) is 87.2 Å². The van der Waals surface area contributed by atoms with E-state index in [1.807, 2.05) is 46.8 Å². The third-order valence-electron chi connectivity index (χ3n) is 6.08. The first-order valence-corrected chi connectivity index (χ1v) is 11.3. The lowest BCUT2D eigenvalue weighted by Crippen LogP contribution is -2.57. The maximum Gasteiger partial charge on any atom is 0.410 e. The zero-order valence-corrected chi connectivity index (χ0v) is 19.3. The van der Waals surface area contributed by atoms with Crippen LogP contribution in [-0.4, -0.2) is 76.3 Å². The van der Waals surface area contributed by atoms with Gasteiger partial charge in [-0.25, -0.2) is 4.79 Å². The molecule has 3 aliphatic rings. The highest BCUT2D eigenvalue weighted by Crippen LogP contribution is 2.37. The molecule has 2 aliphatic heterocycles. The zero-order chi connectivity index (χ0) is 22.9. The number of carbonyl (C=O) groups is 4. The lowest BCUT2D eigenvalue weighted by molar-refractivity contribution is -0.153. The second-order valence-electron chi connectivity index (χ2n) is 10.1. The van der Waals surface area contributed by atoms with Gasteiger partial charge in [0.15, 0.2) is 0 Å². The Hall–Kier alpha value is -2.38. The number of likely N-dealkylation sites (tertiary alicyclic amines) is 1. The Morgan fingerprint density at radius 2 is 1.45 bits per heavy atom. The number of hydrogen-bond donors (Lipinski definition) is 0. The van der Waals surface area contributed by atoms with E-state index in [1.165, 1.54) is 4.90 Å².